The third kappa shape index (κ3) is 5.84. The average molecular weight is 388 g/mol. The molecule has 1 N–H and O–H groups in total. The Morgan fingerprint density at radius 3 is 2.61 bits per heavy atom. The predicted molar refractivity (Wildman–Crippen MR) is 110 cm³/mol. The van der Waals surface area contributed by atoms with Gasteiger partial charge >= 0.3 is 0 Å². The first kappa shape index (κ1) is 20.4. The highest BCUT2D eigenvalue weighted by Crippen LogP contribution is 2.22. The molecule has 1 aromatic rings. The van der Waals surface area contributed by atoms with Crippen molar-refractivity contribution < 1.29 is 9.53 Å². The Balaban J connectivity index is 1.59. The highest BCUT2D eigenvalue weighted by molar-refractivity contribution is 5.80. The van der Waals surface area contributed by atoms with E-state index in [2.05, 4.69) is 22.1 Å². The molecule has 0 bridgehead atoms. The van der Waals surface area contributed by atoms with Gasteiger partial charge in [0.2, 0.25) is 11.8 Å². The van der Waals surface area contributed by atoms with Crippen molar-refractivity contribution >= 4 is 11.9 Å². The van der Waals surface area contributed by atoms with Gasteiger partial charge in [-0.05, 0) is 44.2 Å². The lowest BCUT2D eigenvalue weighted by Gasteiger charge is -2.36. The molecule has 0 spiro atoms. The third-order valence-electron chi connectivity index (χ3n) is 5.41. The number of piperazine rings is 1. The standard InChI is InChI=1S/C21H33N5O2/c1-3-22-21(26-13-11-25(12-14-26)17(2)27)24-16-18-9-10-23-20(15-18)28-19-7-5-4-6-8-19/h9-10,15,19H,3-8,11-14,16H2,1-2H3,(H,22,24). The molecule has 1 aromatic heterocycles. The SMILES string of the molecule is CCNC(=NCc1ccnc(OC2CCCCC2)c1)N1CCN(C(C)=O)CC1. The van der Waals surface area contributed by atoms with Gasteiger partial charge in [0, 0.05) is 51.9 Å². The summed E-state index contributed by atoms with van der Waals surface area (Å²) < 4.78 is 6.08. The zero-order chi connectivity index (χ0) is 19.8. The fraction of sp³-hybridized carbons (Fsp3) is 0.667. The maximum Gasteiger partial charge on any atom is 0.219 e. The highest BCUT2D eigenvalue weighted by atomic mass is 16.5. The molecule has 1 aliphatic carbocycles. The lowest BCUT2D eigenvalue weighted by Crippen LogP contribution is -2.53. The van der Waals surface area contributed by atoms with Crippen LogP contribution in [-0.2, 0) is 11.3 Å². The smallest absolute Gasteiger partial charge is 0.219 e. The van der Waals surface area contributed by atoms with Crippen molar-refractivity contribution in [1.82, 2.24) is 20.1 Å². The zero-order valence-electron chi connectivity index (χ0n) is 17.2. The maximum absolute atomic E-state index is 11.5. The maximum atomic E-state index is 11.5. The van der Waals surface area contributed by atoms with Crippen LogP contribution < -0.4 is 10.1 Å². The van der Waals surface area contributed by atoms with Gasteiger partial charge in [0.05, 0.1) is 6.54 Å². The molecule has 0 atom stereocenters. The number of hydrogen-bond donors (Lipinski definition) is 1. The molecule has 2 heterocycles. The molecule has 0 aromatic carbocycles. The summed E-state index contributed by atoms with van der Waals surface area (Å²) in [7, 11) is 0. The van der Waals surface area contributed by atoms with Crippen LogP contribution in [0.5, 0.6) is 5.88 Å². The number of ether oxygens (including phenoxy) is 1. The second-order valence-corrected chi connectivity index (χ2v) is 7.54. The Morgan fingerprint density at radius 1 is 1.21 bits per heavy atom. The van der Waals surface area contributed by atoms with E-state index in [-0.39, 0.29) is 5.91 Å². The number of amides is 1. The van der Waals surface area contributed by atoms with Crippen LogP contribution in [0.1, 0.15) is 51.5 Å². The number of aliphatic imine (C=N–C) groups is 1. The van der Waals surface area contributed by atoms with E-state index in [0.717, 1.165) is 57.1 Å². The topological polar surface area (TPSA) is 70.1 Å². The molecule has 1 saturated carbocycles. The molecule has 7 heteroatoms. The van der Waals surface area contributed by atoms with Crippen LogP contribution in [-0.4, -0.2) is 65.5 Å². The van der Waals surface area contributed by atoms with Crippen LogP contribution in [0.3, 0.4) is 0 Å². The number of nitrogens with one attached hydrogen (secondary N) is 1. The number of rotatable bonds is 5. The molecule has 1 saturated heterocycles. The molecule has 3 rings (SSSR count). The summed E-state index contributed by atoms with van der Waals surface area (Å²) in [6.07, 6.45) is 8.17. The van der Waals surface area contributed by atoms with Crippen LogP contribution in [0, 0.1) is 0 Å². The van der Waals surface area contributed by atoms with Crippen molar-refractivity contribution in [1.29, 1.82) is 0 Å². The van der Waals surface area contributed by atoms with E-state index in [1.165, 1.54) is 19.3 Å². The molecule has 1 amide bonds. The molecule has 2 aliphatic rings. The van der Waals surface area contributed by atoms with E-state index < -0.39 is 0 Å². The Labute approximate surface area is 168 Å². The monoisotopic (exact) mass is 387 g/mol. The minimum Gasteiger partial charge on any atom is -0.474 e. The summed E-state index contributed by atoms with van der Waals surface area (Å²) in [4.78, 5) is 24.8. The summed E-state index contributed by atoms with van der Waals surface area (Å²) in [6.45, 7) is 8.20. The highest BCUT2D eigenvalue weighted by Gasteiger charge is 2.21. The van der Waals surface area contributed by atoms with Gasteiger partial charge < -0.3 is 19.9 Å². The van der Waals surface area contributed by atoms with Crippen LogP contribution >= 0.6 is 0 Å². The van der Waals surface area contributed by atoms with Crippen molar-refractivity contribution in [2.45, 2.75) is 58.6 Å². The Morgan fingerprint density at radius 2 is 1.93 bits per heavy atom. The molecular weight excluding hydrogens is 354 g/mol. The second-order valence-electron chi connectivity index (χ2n) is 7.54. The van der Waals surface area contributed by atoms with Crippen LogP contribution in [0.2, 0.25) is 0 Å². The first-order chi connectivity index (χ1) is 13.7. The lowest BCUT2D eigenvalue weighted by molar-refractivity contribution is -0.130. The molecule has 1 aliphatic heterocycles. The summed E-state index contributed by atoms with van der Waals surface area (Å²) in [6, 6.07) is 4.00. The number of carbonyl (C=O) groups is 1. The van der Waals surface area contributed by atoms with Gasteiger partial charge in [0.1, 0.15) is 6.10 Å². The summed E-state index contributed by atoms with van der Waals surface area (Å²) in [5.74, 6) is 1.75. The Kier molecular flexibility index (Phi) is 7.51. The van der Waals surface area contributed by atoms with Gasteiger partial charge in [0.25, 0.3) is 0 Å². The number of nitrogens with zero attached hydrogens (tertiary/aromatic N) is 4. The largest absolute Gasteiger partial charge is 0.474 e. The summed E-state index contributed by atoms with van der Waals surface area (Å²) >= 11 is 0. The van der Waals surface area contributed by atoms with Crippen LogP contribution in [0.25, 0.3) is 0 Å². The fourth-order valence-electron chi connectivity index (χ4n) is 3.79. The molecule has 154 valence electrons. The van der Waals surface area contributed by atoms with Gasteiger partial charge in [-0.25, -0.2) is 9.98 Å². The average Bonchev–Trinajstić information content (AvgIpc) is 2.72. The van der Waals surface area contributed by atoms with Crippen LogP contribution in [0.15, 0.2) is 23.3 Å². The third-order valence-corrected chi connectivity index (χ3v) is 5.41. The lowest BCUT2D eigenvalue weighted by atomic mass is 9.98. The number of carbonyl (C=O) groups excluding carboxylic acids is 1. The van der Waals surface area contributed by atoms with Crippen molar-refractivity contribution in [3.63, 3.8) is 0 Å². The van der Waals surface area contributed by atoms with Crippen molar-refractivity contribution in [2.75, 3.05) is 32.7 Å². The van der Waals surface area contributed by atoms with E-state index in [4.69, 9.17) is 9.73 Å². The quantitative estimate of drug-likeness (QED) is 0.621. The number of hydrogen-bond acceptors (Lipinski definition) is 4. The summed E-state index contributed by atoms with van der Waals surface area (Å²) in [5, 5.41) is 3.37. The minimum absolute atomic E-state index is 0.142. The number of pyridine rings is 1. The fourth-order valence-corrected chi connectivity index (χ4v) is 3.79. The zero-order valence-corrected chi connectivity index (χ0v) is 17.2. The molecule has 0 unspecified atom stereocenters. The number of guanidine groups is 1. The van der Waals surface area contributed by atoms with E-state index in [1.54, 1.807) is 6.92 Å². The molecular formula is C21H33N5O2. The molecule has 28 heavy (non-hydrogen) atoms. The van der Waals surface area contributed by atoms with Crippen molar-refractivity contribution in [3.05, 3.63) is 23.9 Å². The van der Waals surface area contributed by atoms with Gasteiger partial charge in [-0.15, -0.1) is 0 Å². The van der Waals surface area contributed by atoms with Crippen molar-refractivity contribution in [3.8, 4) is 5.88 Å². The van der Waals surface area contributed by atoms with Gasteiger partial charge in [-0.2, -0.15) is 0 Å². The van der Waals surface area contributed by atoms with Crippen molar-refractivity contribution in [2.24, 2.45) is 4.99 Å². The first-order valence-electron chi connectivity index (χ1n) is 10.6. The molecule has 0 radical (unpaired) electrons. The van der Waals surface area contributed by atoms with E-state index in [0.29, 0.717) is 18.5 Å². The number of aromatic nitrogens is 1. The Hall–Kier alpha value is -2.31. The normalized spacial score (nSPS) is 18.9. The van der Waals surface area contributed by atoms with Gasteiger partial charge in [-0.1, -0.05) is 6.42 Å². The first-order valence-corrected chi connectivity index (χ1v) is 10.6. The molecule has 2 fully saturated rings. The predicted octanol–water partition coefficient (Wildman–Crippen LogP) is 2.42. The second kappa shape index (κ2) is 10.3. The van der Waals surface area contributed by atoms with Gasteiger partial charge in [-0.3, -0.25) is 4.79 Å². The van der Waals surface area contributed by atoms with Gasteiger partial charge in [0.15, 0.2) is 5.96 Å². The Bertz CT molecular complexity index is 665. The molecule has 7 nitrogen and oxygen atoms in total. The van der Waals surface area contributed by atoms with E-state index in [9.17, 15) is 4.79 Å². The van der Waals surface area contributed by atoms with E-state index in [1.807, 2.05) is 23.2 Å². The van der Waals surface area contributed by atoms with Crippen LogP contribution in [0.4, 0.5) is 0 Å². The summed E-state index contributed by atoms with van der Waals surface area (Å²) in [5.41, 5.74) is 1.10. The minimum atomic E-state index is 0.142. The van der Waals surface area contributed by atoms with E-state index >= 15 is 0 Å².